The molecule has 0 saturated carbocycles. The van der Waals surface area contributed by atoms with E-state index in [0.29, 0.717) is 11.3 Å². The predicted octanol–water partition coefficient (Wildman–Crippen LogP) is 3.50. The third kappa shape index (κ3) is 4.46. The molecule has 0 amide bonds. The van der Waals surface area contributed by atoms with Gasteiger partial charge in [0.2, 0.25) is 0 Å². The molecule has 0 bridgehead atoms. The van der Waals surface area contributed by atoms with Crippen molar-refractivity contribution in [3.8, 4) is 11.8 Å². The minimum atomic E-state index is -0.439. The first-order chi connectivity index (χ1) is 8.65. The largest absolute Gasteiger partial charge is 0.398 e. The summed E-state index contributed by atoms with van der Waals surface area (Å²) in [4.78, 5) is 10.2. The van der Waals surface area contributed by atoms with Gasteiger partial charge in [-0.15, -0.1) is 0 Å². The fraction of sp³-hybridized carbons (Fsp3) is 0.429. The second-order valence-electron chi connectivity index (χ2n) is 4.14. The van der Waals surface area contributed by atoms with Crippen LogP contribution in [0.25, 0.3) is 0 Å². The van der Waals surface area contributed by atoms with Crippen LogP contribution in [0, 0.1) is 22.0 Å². The predicted molar refractivity (Wildman–Crippen MR) is 73.1 cm³/mol. The van der Waals surface area contributed by atoms with E-state index in [2.05, 4.69) is 18.8 Å². The van der Waals surface area contributed by atoms with Crippen molar-refractivity contribution in [2.75, 3.05) is 5.73 Å². The summed E-state index contributed by atoms with van der Waals surface area (Å²) in [5, 5.41) is 10.6. The average Bonchev–Trinajstić information content (AvgIpc) is 2.35. The Morgan fingerprint density at radius 1 is 1.33 bits per heavy atom. The van der Waals surface area contributed by atoms with Crippen LogP contribution in [-0.2, 0) is 0 Å². The number of unbranched alkanes of at least 4 members (excludes halogenated alkanes) is 4. The minimum Gasteiger partial charge on any atom is -0.398 e. The van der Waals surface area contributed by atoms with Gasteiger partial charge in [0.05, 0.1) is 10.5 Å². The van der Waals surface area contributed by atoms with Crippen LogP contribution >= 0.6 is 0 Å². The topological polar surface area (TPSA) is 69.2 Å². The summed E-state index contributed by atoms with van der Waals surface area (Å²) < 4.78 is 0. The van der Waals surface area contributed by atoms with Gasteiger partial charge in [0, 0.05) is 24.2 Å². The maximum atomic E-state index is 10.6. The number of nitrogen functional groups attached to an aromatic ring is 1. The van der Waals surface area contributed by atoms with E-state index >= 15 is 0 Å². The van der Waals surface area contributed by atoms with Gasteiger partial charge in [0.1, 0.15) is 0 Å². The van der Waals surface area contributed by atoms with Crippen molar-refractivity contribution >= 4 is 11.4 Å². The third-order valence-corrected chi connectivity index (χ3v) is 2.63. The fourth-order valence-corrected chi connectivity index (χ4v) is 1.56. The molecule has 96 valence electrons. The lowest BCUT2D eigenvalue weighted by Gasteiger charge is -1.97. The molecule has 0 aromatic heterocycles. The molecule has 18 heavy (non-hydrogen) atoms. The van der Waals surface area contributed by atoms with Crippen LogP contribution in [-0.4, -0.2) is 4.92 Å². The minimum absolute atomic E-state index is 0.0273. The summed E-state index contributed by atoms with van der Waals surface area (Å²) in [5.74, 6) is 5.92. The van der Waals surface area contributed by atoms with Gasteiger partial charge in [-0.05, 0) is 12.5 Å². The van der Waals surface area contributed by atoms with Crippen molar-refractivity contribution < 1.29 is 4.92 Å². The molecule has 0 radical (unpaired) electrons. The van der Waals surface area contributed by atoms with Crippen LogP contribution in [0.5, 0.6) is 0 Å². The second kappa shape index (κ2) is 7.33. The molecule has 0 aliphatic rings. The van der Waals surface area contributed by atoms with E-state index in [-0.39, 0.29) is 5.69 Å². The molecule has 4 nitrogen and oxygen atoms in total. The van der Waals surface area contributed by atoms with Gasteiger partial charge in [0.15, 0.2) is 0 Å². The number of rotatable bonds is 5. The second-order valence-corrected chi connectivity index (χ2v) is 4.14. The lowest BCUT2D eigenvalue weighted by molar-refractivity contribution is -0.384. The molecule has 0 unspecified atom stereocenters. The molecule has 1 rings (SSSR count). The number of non-ortho nitro benzene ring substituents is 1. The Morgan fingerprint density at radius 2 is 2.11 bits per heavy atom. The SMILES string of the molecule is CCCCCCC#Cc1cc([N+](=O)[O-])ccc1N. The molecule has 0 spiro atoms. The van der Waals surface area contributed by atoms with Gasteiger partial charge < -0.3 is 5.73 Å². The van der Waals surface area contributed by atoms with Gasteiger partial charge >= 0.3 is 0 Å². The van der Waals surface area contributed by atoms with Gasteiger partial charge in [-0.1, -0.05) is 38.0 Å². The van der Waals surface area contributed by atoms with Crippen LogP contribution in [0.3, 0.4) is 0 Å². The Morgan fingerprint density at radius 3 is 2.78 bits per heavy atom. The lowest BCUT2D eigenvalue weighted by atomic mass is 10.1. The maximum Gasteiger partial charge on any atom is 0.270 e. The number of nitro groups is 1. The van der Waals surface area contributed by atoms with E-state index in [1.165, 1.54) is 37.5 Å². The Balaban J connectivity index is 2.63. The Bertz CT molecular complexity index is 472. The average molecular weight is 246 g/mol. The van der Waals surface area contributed by atoms with Crippen LogP contribution in [0.2, 0.25) is 0 Å². The quantitative estimate of drug-likeness (QED) is 0.284. The summed E-state index contributed by atoms with van der Waals surface area (Å²) in [7, 11) is 0. The summed E-state index contributed by atoms with van der Waals surface area (Å²) in [6.45, 7) is 2.16. The Kier molecular flexibility index (Phi) is 5.72. The van der Waals surface area contributed by atoms with Crippen molar-refractivity contribution in [1.29, 1.82) is 0 Å². The van der Waals surface area contributed by atoms with E-state index in [1.54, 1.807) is 0 Å². The van der Waals surface area contributed by atoms with Crippen molar-refractivity contribution in [2.24, 2.45) is 0 Å². The highest BCUT2D eigenvalue weighted by Gasteiger charge is 2.07. The zero-order chi connectivity index (χ0) is 13.4. The molecule has 0 fully saturated rings. The molecule has 4 heteroatoms. The van der Waals surface area contributed by atoms with Gasteiger partial charge in [0.25, 0.3) is 5.69 Å². The number of nitro benzene ring substituents is 1. The summed E-state index contributed by atoms with van der Waals surface area (Å²) in [6, 6.07) is 4.34. The Hall–Kier alpha value is -2.02. The first-order valence-electron chi connectivity index (χ1n) is 6.18. The molecule has 1 aromatic carbocycles. The highest BCUT2D eigenvalue weighted by atomic mass is 16.6. The van der Waals surface area contributed by atoms with E-state index in [0.717, 1.165) is 12.8 Å². The number of anilines is 1. The molecule has 0 aliphatic carbocycles. The summed E-state index contributed by atoms with van der Waals surface area (Å²) >= 11 is 0. The molecule has 1 aromatic rings. The van der Waals surface area contributed by atoms with E-state index < -0.39 is 4.92 Å². The van der Waals surface area contributed by atoms with Gasteiger partial charge in [-0.2, -0.15) is 0 Å². The monoisotopic (exact) mass is 246 g/mol. The summed E-state index contributed by atoms with van der Waals surface area (Å²) in [5.41, 5.74) is 6.78. The molecule has 0 saturated heterocycles. The smallest absolute Gasteiger partial charge is 0.270 e. The van der Waals surface area contributed by atoms with Gasteiger partial charge in [-0.3, -0.25) is 10.1 Å². The Labute approximate surface area is 107 Å². The fourth-order valence-electron chi connectivity index (χ4n) is 1.56. The lowest BCUT2D eigenvalue weighted by Crippen LogP contribution is -1.93. The van der Waals surface area contributed by atoms with Crippen molar-refractivity contribution in [1.82, 2.24) is 0 Å². The van der Waals surface area contributed by atoms with E-state index in [1.807, 2.05) is 0 Å². The van der Waals surface area contributed by atoms with E-state index in [4.69, 9.17) is 5.73 Å². The number of hydrogen-bond donors (Lipinski definition) is 1. The highest BCUT2D eigenvalue weighted by Crippen LogP contribution is 2.18. The zero-order valence-electron chi connectivity index (χ0n) is 10.6. The highest BCUT2D eigenvalue weighted by molar-refractivity contribution is 5.59. The number of benzene rings is 1. The molecule has 0 aliphatic heterocycles. The molecule has 2 N–H and O–H groups in total. The normalized spacial score (nSPS) is 9.61. The van der Waals surface area contributed by atoms with Crippen LogP contribution in [0.1, 0.15) is 44.6 Å². The summed E-state index contributed by atoms with van der Waals surface area (Å²) in [6.07, 6.45) is 5.47. The number of nitrogens with two attached hydrogens (primary N) is 1. The third-order valence-electron chi connectivity index (χ3n) is 2.63. The van der Waals surface area contributed by atoms with Crippen LogP contribution < -0.4 is 5.73 Å². The van der Waals surface area contributed by atoms with Crippen LogP contribution in [0.4, 0.5) is 11.4 Å². The molecule has 0 heterocycles. The van der Waals surface area contributed by atoms with E-state index in [9.17, 15) is 10.1 Å². The van der Waals surface area contributed by atoms with Gasteiger partial charge in [-0.25, -0.2) is 0 Å². The molecular weight excluding hydrogens is 228 g/mol. The first-order valence-corrected chi connectivity index (χ1v) is 6.18. The molecule has 0 atom stereocenters. The van der Waals surface area contributed by atoms with Crippen molar-refractivity contribution in [2.45, 2.75) is 39.0 Å². The zero-order valence-corrected chi connectivity index (χ0v) is 10.6. The molecular formula is C14H18N2O2. The van der Waals surface area contributed by atoms with Crippen molar-refractivity contribution in [3.05, 3.63) is 33.9 Å². The first kappa shape index (κ1) is 14.0. The van der Waals surface area contributed by atoms with Crippen LogP contribution in [0.15, 0.2) is 18.2 Å². The number of hydrogen-bond acceptors (Lipinski definition) is 3. The number of nitrogens with zero attached hydrogens (tertiary/aromatic N) is 1. The maximum absolute atomic E-state index is 10.6. The van der Waals surface area contributed by atoms with Crippen molar-refractivity contribution in [3.63, 3.8) is 0 Å². The standard InChI is InChI=1S/C14H18N2O2/c1-2-3-4-5-6-7-8-12-11-13(16(17)18)9-10-14(12)15/h9-11H,2-6,15H2,1H3.